The van der Waals surface area contributed by atoms with Gasteiger partial charge in [0.15, 0.2) is 0 Å². The molecule has 2 aromatic rings. The Kier molecular flexibility index (Phi) is 1.75. The molecule has 0 unspecified atom stereocenters. The van der Waals surface area contributed by atoms with E-state index in [-0.39, 0.29) is 0 Å². The lowest BCUT2D eigenvalue weighted by atomic mass is 10.1. The normalized spacial score (nSPS) is 14.5. The third-order valence-electron chi connectivity index (χ3n) is 2.22. The van der Waals surface area contributed by atoms with Gasteiger partial charge < -0.3 is 4.74 Å². The number of carbonyl (C=O) groups excluding carboxylic acids is 2. The van der Waals surface area contributed by atoms with E-state index in [0.717, 1.165) is 14.6 Å². The molecule has 3 rings (SSSR count). The molecule has 5 heteroatoms. The summed E-state index contributed by atoms with van der Waals surface area (Å²) >= 11 is 4.62. The van der Waals surface area contributed by atoms with Crippen LogP contribution in [0.3, 0.4) is 0 Å². The second-order valence-electron chi connectivity index (χ2n) is 3.12. The number of thiophene rings is 1. The molecule has 74 valence electrons. The molecule has 1 aliphatic heterocycles. The van der Waals surface area contributed by atoms with Crippen molar-refractivity contribution in [2.45, 2.75) is 0 Å². The van der Waals surface area contributed by atoms with Crippen molar-refractivity contribution >= 4 is 49.3 Å². The second kappa shape index (κ2) is 2.90. The fourth-order valence-corrected chi connectivity index (χ4v) is 3.01. The number of esters is 2. The van der Waals surface area contributed by atoms with Crippen molar-refractivity contribution in [3.05, 3.63) is 33.1 Å². The van der Waals surface area contributed by atoms with Gasteiger partial charge in [0.2, 0.25) is 0 Å². The predicted molar refractivity (Wildman–Crippen MR) is 59.3 cm³/mol. The monoisotopic (exact) mass is 282 g/mol. The summed E-state index contributed by atoms with van der Waals surface area (Å²) in [7, 11) is 0. The van der Waals surface area contributed by atoms with Crippen LogP contribution < -0.4 is 0 Å². The van der Waals surface area contributed by atoms with E-state index in [1.165, 1.54) is 11.3 Å². The average molecular weight is 283 g/mol. The van der Waals surface area contributed by atoms with E-state index in [9.17, 15) is 9.59 Å². The Morgan fingerprint density at radius 3 is 2.80 bits per heavy atom. The van der Waals surface area contributed by atoms with Crippen LogP contribution in [0, 0.1) is 0 Å². The van der Waals surface area contributed by atoms with Crippen molar-refractivity contribution in [1.29, 1.82) is 0 Å². The number of cyclic esters (lactones) is 2. The summed E-state index contributed by atoms with van der Waals surface area (Å²) in [5.74, 6) is -1.08. The molecule has 15 heavy (non-hydrogen) atoms. The van der Waals surface area contributed by atoms with Crippen molar-refractivity contribution in [2.75, 3.05) is 0 Å². The first-order valence-electron chi connectivity index (χ1n) is 4.15. The molecule has 0 spiro atoms. The quantitative estimate of drug-likeness (QED) is 0.551. The van der Waals surface area contributed by atoms with Gasteiger partial charge in [-0.25, -0.2) is 9.59 Å². The molecule has 0 amide bonds. The predicted octanol–water partition coefficient (Wildman–Crippen LogP) is 2.97. The van der Waals surface area contributed by atoms with E-state index in [1.54, 1.807) is 0 Å². The van der Waals surface area contributed by atoms with Crippen molar-refractivity contribution in [3.8, 4) is 0 Å². The molecule has 0 atom stereocenters. The summed E-state index contributed by atoms with van der Waals surface area (Å²) < 4.78 is 6.34. The fourth-order valence-electron chi connectivity index (χ4n) is 1.60. The Hall–Kier alpha value is -1.20. The summed E-state index contributed by atoms with van der Waals surface area (Å²) in [4.78, 5) is 23.1. The Labute approximate surface area is 96.8 Å². The van der Waals surface area contributed by atoms with Crippen LogP contribution in [-0.4, -0.2) is 11.9 Å². The van der Waals surface area contributed by atoms with E-state index in [4.69, 9.17) is 0 Å². The van der Waals surface area contributed by atoms with Gasteiger partial charge in [-0.05, 0) is 18.2 Å². The molecule has 1 aromatic heterocycles. The molecule has 3 nitrogen and oxygen atoms in total. The number of carbonyl (C=O) groups is 2. The molecule has 1 aromatic carbocycles. The van der Waals surface area contributed by atoms with Gasteiger partial charge in [0.05, 0.1) is 5.56 Å². The van der Waals surface area contributed by atoms with E-state index < -0.39 is 11.9 Å². The standard InChI is InChI=1S/C10H3BrO3S/c11-4-1-2-6-5(3-4)7-8(15-6)10(13)14-9(7)12/h1-3H. The van der Waals surface area contributed by atoms with Crippen LogP contribution >= 0.6 is 27.3 Å². The van der Waals surface area contributed by atoms with Gasteiger partial charge in [-0.2, -0.15) is 0 Å². The highest BCUT2D eigenvalue weighted by Gasteiger charge is 2.34. The van der Waals surface area contributed by atoms with Crippen LogP contribution in [-0.2, 0) is 4.74 Å². The lowest BCUT2D eigenvalue weighted by molar-refractivity contribution is 0.0446. The zero-order valence-corrected chi connectivity index (χ0v) is 9.65. The summed E-state index contributed by atoms with van der Waals surface area (Å²) in [5.41, 5.74) is 0.404. The molecule has 0 fully saturated rings. The summed E-state index contributed by atoms with van der Waals surface area (Å²) in [5, 5.41) is 0.778. The van der Waals surface area contributed by atoms with E-state index in [1.807, 2.05) is 18.2 Å². The lowest BCUT2D eigenvalue weighted by Crippen LogP contribution is -1.97. The number of rotatable bonds is 0. The maximum Gasteiger partial charge on any atom is 0.357 e. The van der Waals surface area contributed by atoms with Crippen LogP contribution in [0.25, 0.3) is 10.1 Å². The first-order chi connectivity index (χ1) is 7.16. The highest BCUT2D eigenvalue weighted by molar-refractivity contribution is 9.10. The average Bonchev–Trinajstić information content (AvgIpc) is 2.67. The summed E-state index contributed by atoms with van der Waals surface area (Å²) in [6.07, 6.45) is 0. The van der Waals surface area contributed by atoms with Gasteiger partial charge in [-0.15, -0.1) is 11.3 Å². The number of hydrogen-bond acceptors (Lipinski definition) is 4. The minimum Gasteiger partial charge on any atom is -0.385 e. The molecule has 0 saturated carbocycles. The Morgan fingerprint density at radius 2 is 2.00 bits per heavy atom. The molecular formula is C10H3BrO3S. The topological polar surface area (TPSA) is 43.4 Å². The second-order valence-corrected chi connectivity index (χ2v) is 5.09. The lowest BCUT2D eigenvalue weighted by Gasteiger charge is -1.93. The number of fused-ring (bicyclic) bond motifs is 3. The van der Waals surface area contributed by atoms with Gasteiger partial charge in [-0.1, -0.05) is 15.9 Å². The number of benzene rings is 1. The zero-order valence-electron chi connectivity index (χ0n) is 7.24. The van der Waals surface area contributed by atoms with Crippen LogP contribution in [0.4, 0.5) is 0 Å². The molecule has 0 aliphatic carbocycles. The van der Waals surface area contributed by atoms with Crippen LogP contribution in [0.5, 0.6) is 0 Å². The van der Waals surface area contributed by atoms with Crippen molar-refractivity contribution in [2.24, 2.45) is 0 Å². The number of hydrogen-bond donors (Lipinski definition) is 0. The number of ether oxygens (including phenoxy) is 1. The van der Waals surface area contributed by atoms with Crippen molar-refractivity contribution in [1.82, 2.24) is 0 Å². The molecule has 2 heterocycles. The van der Waals surface area contributed by atoms with Crippen LogP contribution in [0.1, 0.15) is 20.0 Å². The van der Waals surface area contributed by atoms with Gasteiger partial charge in [0.25, 0.3) is 0 Å². The first-order valence-corrected chi connectivity index (χ1v) is 5.76. The Balaban J connectivity index is 2.46. The first kappa shape index (κ1) is 9.06. The maximum atomic E-state index is 11.4. The third-order valence-corrected chi connectivity index (χ3v) is 3.87. The molecule has 0 saturated heterocycles. The van der Waals surface area contributed by atoms with Gasteiger partial charge >= 0.3 is 11.9 Å². The Morgan fingerprint density at radius 1 is 1.20 bits per heavy atom. The summed E-state index contributed by atoms with van der Waals surface area (Å²) in [6.45, 7) is 0. The van der Waals surface area contributed by atoms with Gasteiger partial charge in [0, 0.05) is 14.6 Å². The molecule has 0 N–H and O–H groups in total. The summed E-state index contributed by atoms with van der Waals surface area (Å²) in [6, 6.07) is 5.58. The molecule has 0 radical (unpaired) electrons. The molecular weight excluding hydrogens is 280 g/mol. The molecule has 0 bridgehead atoms. The maximum absolute atomic E-state index is 11.4. The van der Waals surface area contributed by atoms with E-state index in [0.29, 0.717) is 10.4 Å². The van der Waals surface area contributed by atoms with Crippen molar-refractivity contribution < 1.29 is 14.3 Å². The Bertz CT molecular complexity index is 614. The van der Waals surface area contributed by atoms with Crippen LogP contribution in [0.2, 0.25) is 0 Å². The fraction of sp³-hybridized carbons (Fsp3) is 0. The SMILES string of the molecule is O=C1OC(=O)c2c1sc1ccc(Br)cc21. The minimum absolute atomic E-state index is 0.404. The minimum atomic E-state index is -0.542. The van der Waals surface area contributed by atoms with Crippen molar-refractivity contribution in [3.63, 3.8) is 0 Å². The third kappa shape index (κ3) is 1.16. The van der Waals surface area contributed by atoms with Crippen LogP contribution in [0.15, 0.2) is 22.7 Å². The van der Waals surface area contributed by atoms with E-state index >= 15 is 0 Å². The highest BCUT2D eigenvalue weighted by Crippen LogP contribution is 2.37. The largest absolute Gasteiger partial charge is 0.385 e. The van der Waals surface area contributed by atoms with Gasteiger partial charge in [0.1, 0.15) is 4.88 Å². The zero-order chi connectivity index (χ0) is 10.6. The number of halogens is 1. The van der Waals surface area contributed by atoms with Gasteiger partial charge in [-0.3, -0.25) is 0 Å². The smallest absolute Gasteiger partial charge is 0.357 e. The molecule has 1 aliphatic rings. The highest BCUT2D eigenvalue weighted by atomic mass is 79.9. The van der Waals surface area contributed by atoms with E-state index in [2.05, 4.69) is 20.7 Å².